The summed E-state index contributed by atoms with van der Waals surface area (Å²) in [7, 11) is 0. The molecule has 0 aliphatic carbocycles. The smallest absolute Gasteiger partial charge is 0.0869 e. The lowest BCUT2D eigenvalue weighted by Crippen LogP contribution is -1.92. The molecule has 0 spiro atoms. The summed E-state index contributed by atoms with van der Waals surface area (Å²) in [4.78, 5) is 4.56. The molecule has 2 heteroatoms. The maximum absolute atomic E-state index is 4.56. The first-order valence-electron chi connectivity index (χ1n) is 9.08. The van der Waals surface area contributed by atoms with E-state index >= 15 is 0 Å². The highest BCUT2D eigenvalue weighted by molar-refractivity contribution is 5.95. The van der Waals surface area contributed by atoms with Gasteiger partial charge in [0.05, 0.1) is 16.9 Å². The van der Waals surface area contributed by atoms with Crippen LogP contribution in [0.1, 0.15) is 0 Å². The maximum atomic E-state index is 4.56. The van der Waals surface area contributed by atoms with E-state index in [0.717, 1.165) is 11.4 Å². The monoisotopic (exact) mass is 346 g/mol. The minimum absolute atomic E-state index is 0.970. The number of hydrogen-bond acceptors (Lipinski definition) is 1. The molecule has 0 bridgehead atoms. The molecule has 0 fully saturated rings. The lowest BCUT2D eigenvalue weighted by molar-refractivity contribution is 1.17. The van der Waals surface area contributed by atoms with Crippen LogP contribution in [0.4, 0.5) is 0 Å². The van der Waals surface area contributed by atoms with Crippen LogP contribution >= 0.6 is 0 Å². The molecule has 3 aromatic heterocycles. The van der Waals surface area contributed by atoms with Crippen molar-refractivity contribution in [2.45, 2.75) is 0 Å². The fourth-order valence-electron chi connectivity index (χ4n) is 3.66. The molecule has 2 nitrogen and oxygen atoms in total. The Labute approximate surface area is 158 Å². The van der Waals surface area contributed by atoms with E-state index < -0.39 is 0 Å². The number of hydrogen-bond donors (Lipinski definition) is 0. The summed E-state index contributed by atoms with van der Waals surface area (Å²) in [5.41, 5.74) is 8.15. The average molecular weight is 346 g/mol. The number of fused-ring (bicyclic) bond motifs is 1. The topological polar surface area (TPSA) is 17.3 Å². The Morgan fingerprint density at radius 3 is 2.00 bits per heavy atom. The first-order valence-corrected chi connectivity index (χ1v) is 9.08. The average Bonchev–Trinajstić information content (AvgIpc) is 3.15. The first-order chi connectivity index (χ1) is 13.4. The standard InChI is InChI=1S/C25H18N2/c1-3-10-19(11-4-1)21-18-27-23(22-14-7-8-17-26-22)15-9-16-24(27)25(21)20-12-5-2-6-13-20/h1-18H. The van der Waals surface area contributed by atoms with E-state index in [1.54, 1.807) is 0 Å². The SMILES string of the molecule is c1ccc(-c2cn3c(-c4ccccn4)cccc3c2-c2ccccc2)cc1. The van der Waals surface area contributed by atoms with Gasteiger partial charge in [0, 0.05) is 23.5 Å². The molecule has 0 unspecified atom stereocenters. The van der Waals surface area contributed by atoms with E-state index in [0.29, 0.717) is 0 Å². The van der Waals surface area contributed by atoms with E-state index in [-0.39, 0.29) is 0 Å². The summed E-state index contributed by atoms with van der Waals surface area (Å²) >= 11 is 0. The number of benzene rings is 2. The van der Waals surface area contributed by atoms with Crippen molar-refractivity contribution in [2.24, 2.45) is 0 Å². The van der Waals surface area contributed by atoms with Gasteiger partial charge in [0.25, 0.3) is 0 Å². The molecule has 0 saturated heterocycles. The van der Waals surface area contributed by atoms with Crippen LogP contribution in [0.25, 0.3) is 39.2 Å². The molecule has 2 aromatic carbocycles. The molecule has 0 aliphatic heterocycles. The summed E-state index contributed by atoms with van der Waals surface area (Å²) < 4.78 is 2.26. The Morgan fingerprint density at radius 2 is 1.30 bits per heavy atom. The summed E-state index contributed by atoms with van der Waals surface area (Å²) in [5, 5.41) is 0. The van der Waals surface area contributed by atoms with Gasteiger partial charge in [-0.3, -0.25) is 4.98 Å². The lowest BCUT2D eigenvalue weighted by Gasteiger charge is -2.07. The number of pyridine rings is 2. The quantitative estimate of drug-likeness (QED) is 0.373. The van der Waals surface area contributed by atoms with Gasteiger partial charge in [0.1, 0.15) is 0 Å². The maximum Gasteiger partial charge on any atom is 0.0869 e. The zero-order chi connectivity index (χ0) is 18.1. The van der Waals surface area contributed by atoms with Crippen molar-refractivity contribution < 1.29 is 0 Å². The van der Waals surface area contributed by atoms with Crippen LogP contribution in [0.2, 0.25) is 0 Å². The highest BCUT2D eigenvalue weighted by Crippen LogP contribution is 2.38. The molecule has 0 amide bonds. The fraction of sp³-hybridized carbons (Fsp3) is 0. The van der Waals surface area contributed by atoms with Crippen molar-refractivity contribution in [3.8, 4) is 33.6 Å². The van der Waals surface area contributed by atoms with Crippen LogP contribution in [0, 0.1) is 0 Å². The molecular formula is C25H18N2. The fourth-order valence-corrected chi connectivity index (χ4v) is 3.66. The second-order valence-corrected chi connectivity index (χ2v) is 6.53. The van der Waals surface area contributed by atoms with E-state index in [9.17, 15) is 0 Å². The van der Waals surface area contributed by atoms with Crippen molar-refractivity contribution in [1.82, 2.24) is 9.38 Å². The zero-order valence-corrected chi connectivity index (χ0v) is 14.8. The lowest BCUT2D eigenvalue weighted by atomic mass is 9.97. The number of rotatable bonds is 3. The van der Waals surface area contributed by atoms with Crippen molar-refractivity contribution in [2.75, 3.05) is 0 Å². The largest absolute Gasteiger partial charge is 0.314 e. The van der Waals surface area contributed by atoms with Crippen molar-refractivity contribution >= 4 is 5.52 Å². The van der Waals surface area contributed by atoms with Gasteiger partial charge < -0.3 is 4.40 Å². The highest BCUT2D eigenvalue weighted by atomic mass is 14.9. The Bertz CT molecular complexity index is 1190. The van der Waals surface area contributed by atoms with Gasteiger partial charge in [-0.25, -0.2) is 0 Å². The van der Waals surface area contributed by atoms with Gasteiger partial charge in [0.2, 0.25) is 0 Å². The van der Waals surface area contributed by atoms with Crippen LogP contribution in [-0.2, 0) is 0 Å². The Kier molecular flexibility index (Phi) is 3.80. The van der Waals surface area contributed by atoms with E-state index in [1.165, 1.54) is 27.8 Å². The normalized spacial score (nSPS) is 11.0. The molecule has 3 heterocycles. The predicted molar refractivity (Wildman–Crippen MR) is 112 cm³/mol. The van der Waals surface area contributed by atoms with Crippen LogP contribution in [0.3, 0.4) is 0 Å². The molecule has 27 heavy (non-hydrogen) atoms. The van der Waals surface area contributed by atoms with E-state index in [2.05, 4.69) is 101 Å². The molecule has 0 N–H and O–H groups in total. The Hall–Kier alpha value is -3.65. The predicted octanol–water partition coefficient (Wildman–Crippen LogP) is 6.34. The third-order valence-corrected chi connectivity index (χ3v) is 4.89. The van der Waals surface area contributed by atoms with Crippen LogP contribution in [0.5, 0.6) is 0 Å². The zero-order valence-electron chi connectivity index (χ0n) is 14.8. The molecule has 0 aliphatic rings. The van der Waals surface area contributed by atoms with Gasteiger partial charge in [-0.05, 0) is 35.4 Å². The molecule has 5 aromatic rings. The molecule has 0 saturated carbocycles. The third-order valence-electron chi connectivity index (χ3n) is 4.89. The Balaban J connectivity index is 1.86. The molecule has 0 radical (unpaired) electrons. The van der Waals surface area contributed by atoms with Gasteiger partial charge in [-0.15, -0.1) is 0 Å². The molecule has 0 atom stereocenters. The summed E-state index contributed by atoms with van der Waals surface area (Å²) in [6.45, 7) is 0. The van der Waals surface area contributed by atoms with Gasteiger partial charge in [-0.1, -0.05) is 72.8 Å². The number of aromatic nitrogens is 2. The van der Waals surface area contributed by atoms with Crippen LogP contribution in [-0.4, -0.2) is 9.38 Å². The molecular weight excluding hydrogens is 328 g/mol. The highest BCUT2D eigenvalue weighted by Gasteiger charge is 2.16. The second kappa shape index (κ2) is 6.58. The molecule has 128 valence electrons. The summed E-state index contributed by atoms with van der Waals surface area (Å²) in [5.74, 6) is 0. The van der Waals surface area contributed by atoms with E-state index in [1.807, 2.05) is 18.3 Å². The molecule has 5 rings (SSSR count). The van der Waals surface area contributed by atoms with Gasteiger partial charge in [0.15, 0.2) is 0 Å². The minimum atomic E-state index is 0.970. The Morgan fingerprint density at radius 1 is 0.593 bits per heavy atom. The van der Waals surface area contributed by atoms with Crippen molar-refractivity contribution in [1.29, 1.82) is 0 Å². The minimum Gasteiger partial charge on any atom is -0.314 e. The van der Waals surface area contributed by atoms with Gasteiger partial charge >= 0.3 is 0 Å². The summed E-state index contributed by atoms with van der Waals surface area (Å²) in [6.07, 6.45) is 4.07. The third kappa shape index (κ3) is 2.72. The number of nitrogens with zero attached hydrogens (tertiary/aromatic N) is 2. The van der Waals surface area contributed by atoms with Gasteiger partial charge in [-0.2, -0.15) is 0 Å². The van der Waals surface area contributed by atoms with E-state index in [4.69, 9.17) is 0 Å². The van der Waals surface area contributed by atoms with Crippen molar-refractivity contribution in [3.63, 3.8) is 0 Å². The summed E-state index contributed by atoms with van der Waals surface area (Å²) in [6, 6.07) is 33.6. The van der Waals surface area contributed by atoms with Crippen LogP contribution in [0.15, 0.2) is 109 Å². The second-order valence-electron chi connectivity index (χ2n) is 6.53. The van der Waals surface area contributed by atoms with Crippen LogP contribution < -0.4 is 0 Å². The first kappa shape index (κ1) is 15.6. The van der Waals surface area contributed by atoms with Crippen molar-refractivity contribution in [3.05, 3.63) is 109 Å².